The van der Waals surface area contributed by atoms with E-state index in [2.05, 4.69) is 10.1 Å². The standard InChI is InChI=1S/C11H14N4O2/c1-11(2,3)17-10(16)7-6-14-15-5-4-13-9(12)8(7)15/h4-6H,1-3H3,(H2,12,13). The molecule has 0 bridgehead atoms. The van der Waals surface area contributed by atoms with Crippen molar-refractivity contribution in [3.8, 4) is 0 Å². The molecule has 0 aromatic carbocycles. The van der Waals surface area contributed by atoms with Gasteiger partial charge >= 0.3 is 5.97 Å². The Morgan fingerprint density at radius 3 is 2.82 bits per heavy atom. The number of hydrogen-bond acceptors (Lipinski definition) is 5. The molecule has 0 spiro atoms. The molecule has 0 unspecified atom stereocenters. The second kappa shape index (κ2) is 3.73. The Morgan fingerprint density at radius 2 is 2.18 bits per heavy atom. The summed E-state index contributed by atoms with van der Waals surface area (Å²) in [5.74, 6) is -0.196. The highest BCUT2D eigenvalue weighted by Gasteiger charge is 2.22. The Bertz CT molecular complexity index is 568. The minimum Gasteiger partial charge on any atom is -0.456 e. The molecule has 2 aromatic heterocycles. The lowest BCUT2D eigenvalue weighted by atomic mass is 10.2. The zero-order valence-corrected chi connectivity index (χ0v) is 9.97. The first-order valence-electron chi connectivity index (χ1n) is 5.19. The number of nitrogen functional groups attached to an aromatic ring is 1. The minimum absolute atomic E-state index is 0.255. The summed E-state index contributed by atoms with van der Waals surface area (Å²) < 4.78 is 6.77. The van der Waals surface area contributed by atoms with Crippen LogP contribution in [0.25, 0.3) is 5.52 Å². The summed E-state index contributed by atoms with van der Waals surface area (Å²) >= 11 is 0. The molecule has 0 aliphatic carbocycles. The molecule has 17 heavy (non-hydrogen) atoms. The van der Waals surface area contributed by atoms with Crippen LogP contribution in [0.15, 0.2) is 18.6 Å². The van der Waals surface area contributed by atoms with Crippen LogP contribution < -0.4 is 5.73 Å². The number of carbonyl (C=O) groups excluding carboxylic acids is 1. The van der Waals surface area contributed by atoms with E-state index < -0.39 is 11.6 Å². The fourth-order valence-corrected chi connectivity index (χ4v) is 1.45. The van der Waals surface area contributed by atoms with Crippen LogP contribution in [0, 0.1) is 0 Å². The van der Waals surface area contributed by atoms with Crippen molar-refractivity contribution in [2.45, 2.75) is 26.4 Å². The van der Waals surface area contributed by atoms with E-state index in [1.165, 1.54) is 16.9 Å². The van der Waals surface area contributed by atoms with Crippen LogP contribution in [0.2, 0.25) is 0 Å². The number of anilines is 1. The van der Waals surface area contributed by atoms with Gasteiger partial charge in [0.05, 0.1) is 6.20 Å². The minimum atomic E-state index is -0.553. The van der Waals surface area contributed by atoms with Crippen LogP contribution in [0.1, 0.15) is 31.1 Å². The molecule has 6 heteroatoms. The highest BCUT2D eigenvalue weighted by molar-refractivity contribution is 5.99. The summed E-state index contributed by atoms with van der Waals surface area (Å²) in [5, 5.41) is 4.03. The maximum absolute atomic E-state index is 11.9. The van der Waals surface area contributed by atoms with Gasteiger partial charge in [0.15, 0.2) is 0 Å². The molecule has 0 saturated heterocycles. The van der Waals surface area contributed by atoms with Gasteiger partial charge in [0, 0.05) is 12.4 Å². The summed E-state index contributed by atoms with van der Waals surface area (Å²) in [6.45, 7) is 5.41. The van der Waals surface area contributed by atoms with Crippen molar-refractivity contribution in [1.29, 1.82) is 0 Å². The quantitative estimate of drug-likeness (QED) is 0.751. The molecule has 2 rings (SSSR count). The summed E-state index contributed by atoms with van der Waals surface area (Å²) in [6, 6.07) is 0. The normalized spacial score (nSPS) is 11.7. The van der Waals surface area contributed by atoms with E-state index in [0.717, 1.165) is 0 Å². The van der Waals surface area contributed by atoms with Gasteiger partial charge in [-0.1, -0.05) is 0 Å². The largest absolute Gasteiger partial charge is 0.456 e. The molecule has 6 nitrogen and oxygen atoms in total. The van der Waals surface area contributed by atoms with Gasteiger partial charge in [-0.15, -0.1) is 0 Å². The van der Waals surface area contributed by atoms with Crippen LogP contribution >= 0.6 is 0 Å². The molecule has 0 fully saturated rings. The topological polar surface area (TPSA) is 82.5 Å². The third kappa shape index (κ3) is 2.20. The maximum atomic E-state index is 11.9. The molecule has 0 atom stereocenters. The highest BCUT2D eigenvalue weighted by atomic mass is 16.6. The molecular weight excluding hydrogens is 220 g/mol. The monoisotopic (exact) mass is 234 g/mol. The van der Waals surface area contributed by atoms with Crippen LogP contribution in [0.5, 0.6) is 0 Å². The van der Waals surface area contributed by atoms with E-state index in [1.807, 2.05) is 0 Å². The first-order chi connectivity index (χ1) is 7.88. The number of nitrogens with two attached hydrogens (primary N) is 1. The Balaban J connectivity index is 2.46. The van der Waals surface area contributed by atoms with Gasteiger partial charge in [-0.25, -0.2) is 14.3 Å². The number of carbonyl (C=O) groups is 1. The van der Waals surface area contributed by atoms with Gasteiger partial charge in [-0.3, -0.25) is 0 Å². The molecule has 0 radical (unpaired) electrons. The van der Waals surface area contributed by atoms with Crippen molar-refractivity contribution in [2.24, 2.45) is 0 Å². The van der Waals surface area contributed by atoms with Crippen molar-refractivity contribution in [3.63, 3.8) is 0 Å². The molecule has 2 N–H and O–H groups in total. The zero-order valence-electron chi connectivity index (χ0n) is 9.97. The van der Waals surface area contributed by atoms with Crippen LogP contribution in [-0.2, 0) is 4.74 Å². The van der Waals surface area contributed by atoms with Crippen molar-refractivity contribution in [2.75, 3.05) is 5.73 Å². The third-order valence-corrected chi connectivity index (χ3v) is 2.08. The number of nitrogens with zero attached hydrogens (tertiary/aromatic N) is 3. The molecule has 0 aliphatic rings. The van der Waals surface area contributed by atoms with Gasteiger partial charge in [0.25, 0.3) is 0 Å². The van der Waals surface area contributed by atoms with Crippen LogP contribution in [-0.4, -0.2) is 26.2 Å². The van der Waals surface area contributed by atoms with E-state index in [9.17, 15) is 4.79 Å². The van der Waals surface area contributed by atoms with E-state index in [-0.39, 0.29) is 5.82 Å². The van der Waals surface area contributed by atoms with E-state index in [4.69, 9.17) is 10.5 Å². The first kappa shape index (κ1) is 11.4. The molecule has 0 aliphatic heterocycles. The van der Waals surface area contributed by atoms with Gasteiger partial charge < -0.3 is 10.5 Å². The van der Waals surface area contributed by atoms with Crippen molar-refractivity contribution in [3.05, 3.63) is 24.2 Å². The average Bonchev–Trinajstić information content (AvgIpc) is 2.60. The Labute approximate surface area is 98.4 Å². The van der Waals surface area contributed by atoms with Crippen molar-refractivity contribution < 1.29 is 9.53 Å². The number of fused-ring (bicyclic) bond motifs is 1. The summed E-state index contributed by atoms with van der Waals surface area (Å²) in [4.78, 5) is 15.9. The molecule has 90 valence electrons. The average molecular weight is 234 g/mol. The van der Waals surface area contributed by atoms with Gasteiger partial charge in [-0.2, -0.15) is 5.10 Å². The van der Waals surface area contributed by atoms with Crippen molar-refractivity contribution in [1.82, 2.24) is 14.6 Å². The highest BCUT2D eigenvalue weighted by Crippen LogP contribution is 2.19. The SMILES string of the molecule is CC(C)(C)OC(=O)c1cnn2ccnc(N)c12. The van der Waals surface area contributed by atoms with Gasteiger partial charge in [0.1, 0.15) is 22.5 Å². The van der Waals surface area contributed by atoms with E-state index >= 15 is 0 Å². The first-order valence-corrected chi connectivity index (χ1v) is 5.19. The zero-order chi connectivity index (χ0) is 12.6. The lowest BCUT2D eigenvalue weighted by Gasteiger charge is -2.18. The summed E-state index contributed by atoms with van der Waals surface area (Å²) in [5.41, 5.74) is 5.97. The number of rotatable bonds is 1. The molecule has 0 amide bonds. The molecular formula is C11H14N4O2. The van der Waals surface area contributed by atoms with Crippen LogP contribution in [0.3, 0.4) is 0 Å². The number of esters is 1. The smallest absolute Gasteiger partial charge is 0.342 e. The fraction of sp³-hybridized carbons (Fsp3) is 0.364. The van der Waals surface area contributed by atoms with Crippen molar-refractivity contribution >= 4 is 17.3 Å². The lowest BCUT2D eigenvalue weighted by Crippen LogP contribution is -2.23. The summed E-state index contributed by atoms with van der Waals surface area (Å²) in [7, 11) is 0. The number of hydrogen-bond donors (Lipinski definition) is 1. The second-order valence-electron chi connectivity index (χ2n) is 4.67. The lowest BCUT2D eigenvalue weighted by molar-refractivity contribution is 0.00718. The summed E-state index contributed by atoms with van der Waals surface area (Å²) in [6.07, 6.45) is 4.58. The molecule has 2 heterocycles. The Hall–Kier alpha value is -2.11. The number of aromatic nitrogens is 3. The van der Waals surface area contributed by atoms with Gasteiger partial charge in [0.2, 0.25) is 0 Å². The maximum Gasteiger partial charge on any atom is 0.342 e. The van der Waals surface area contributed by atoms with E-state index in [1.54, 1.807) is 27.0 Å². The second-order valence-corrected chi connectivity index (χ2v) is 4.67. The molecule has 2 aromatic rings. The Morgan fingerprint density at radius 1 is 1.47 bits per heavy atom. The van der Waals surface area contributed by atoms with Crippen LogP contribution in [0.4, 0.5) is 5.82 Å². The predicted octanol–water partition coefficient (Wildman–Crippen LogP) is 1.27. The Kier molecular flexibility index (Phi) is 2.49. The predicted molar refractivity (Wildman–Crippen MR) is 62.6 cm³/mol. The third-order valence-electron chi connectivity index (χ3n) is 2.08. The van der Waals surface area contributed by atoms with Gasteiger partial charge in [-0.05, 0) is 20.8 Å². The van der Waals surface area contributed by atoms with E-state index in [0.29, 0.717) is 11.1 Å². The fourth-order valence-electron chi connectivity index (χ4n) is 1.45. The molecule has 0 saturated carbocycles. The number of ether oxygens (including phenoxy) is 1.